The third kappa shape index (κ3) is 5.08. The summed E-state index contributed by atoms with van der Waals surface area (Å²) in [7, 11) is 1.67. The first-order chi connectivity index (χ1) is 14.3. The molecule has 1 saturated heterocycles. The fourth-order valence-corrected chi connectivity index (χ4v) is 3.71. The molecule has 6 heteroatoms. The topological polar surface area (TPSA) is 48.8 Å². The zero-order valence-corrected chi connectivity index (χ0v) is 17.0. The van der Waals surface area contributed by atoms with Gasteiger partial charge in [-0.1, -0.05) is 18.2 Å². The second-order valence-electron chi connectivity index (χ2n) is 7.29. The Kier molecular flexibility index (Phi) is 6.64. The lowest BCUT2D eigenvalue weighted by molar-refractivity contribution is 0.0326. The van der Waals surface area contributed by atoms with Gasteiger partial charge < -0.3 is 18.8 Å². The van der Waals surface area contributed by atoms with Crippen molar-refractivity contribution < 1.29 is 14.2 Å². The van der Waals surface area contributed by atoms with Crippen LogP contribution in [-0.4, -0.2) is 54.5 Å². The van der Waals surface area contributed by atoms with Crippen LogP contribution in [0.4, 0.5) is 0 Å². The molecule has 0 radical (unpaired) electrons. The molecule has 0 bridgehead atoms. The first kappa shape index (κ1) is 19.7. The highest BCUT2D eigenvalue weighted by molar-refractivity contribution is 5.75. The Morgan fingerprint density at radius 2 is 1.83 bits per heavy atom. The number of methoxy groups -OCH3 is 1. The summed E-state index contributed by atoms with van der Waals surface area (Å²) in [5, 5.41) is 0. The van der Waals surface area contributed by atoms with E-state index in [-0.39, 0.29) is 0 Å². The molecule has 6 nitrogen and oxygen atoms in total. The number of nitrogens with zero attached hydrogens (tertiary/aromatic N) is 3. The van der Waals surface area contributed by atoms with Gasteiger partial charge in [-0.05, 0) is 37.1 Å². The Hall–Kier alpha value is -2.57. The molecule has 29 heavy (non-hydrogen) atoms. The van der Waals surface area contributed by atoms with E-state index in [0.717, 1.165) is 75.1 Å². The third-order valence-electron chi connectivity index (χ3n) is 5.29. The fourth-order valence-electron chi connectivity index (χ4n) is 3.71. The van der Waals surface area contributed by atoms with Crippen LogP contribution in [0.15, 0.2) is 48.5 Å². The van der Waals surface area contributed by atoms with Crippen LogP contribution in [0.2, 0.25) is 0 Å². The van der Waals surface area contributed by atoms with Crippen molar-refractivity contribution in [3.63, 3.8) is 0 Å². The van der Waals surface area contributed by atoms with Gasteiger partial charge in [0.2, 0.25) is 0 Å². The minimum absolute atomic E-state index is 0.693. The van der Waals surface area contributed by atoms with E-state index >= 15 is 0 Å². The van der Waals surface area contributed by atoms with E-state index < -0.39 is 0 Å². The number of hydrogen-bond donors (Lipinski definition) is 0. The van der Waals surface area contributed by atoms with E-state index in [9.17, 15) is 0 Å². The molecule has 0 aliphatic carbocycles. The van der Waals surface area contributed by atoms with Gasteiger partial charge in [0, 0.05) is 25.7 Å². The van der Waals surface area contributed by atoms with Crippen LogP contribution in [0.5, 0.6) is 11.5 Å². The summed E-state index contributed by atoms with van der Waals surface area (Å²) in [5.74, 6) is 2.81. The molecule has 1 aliphatic rings. The van der Waals surface area contributed by atoms with Gasteiger partial charge in [-0.25, -0.2) is 4.98 Å². The summed E-state index contributed by atoms with van der Waals surface area (Å²) in [5.41, 5.74) is 2.29. The van der Waals surface area contributed by atoms with Gasteiger partial charge in [0.05, 0.1) is 44.5 Å². The minimum atomic E-state index is 0.693. The number of imidazole rings is 1. The van der Waals surface area contributed by atoms with Crippen LogP contribution in [-0.2, 0) is 17.8 Å². The predicted molar refractivity (Wildman–Crippen MR) is 114 cm³/mol. The first-order valence-electron chi connectivity index (χ1n) is 10.3. The molecule has 2 aromatic carbocycles. The molecular weight excluding hydrogens is 366 g/mol. The van der Waals surface area contributed by atoms with Gasteiger partial charge in [-0.3, -0.25) is 4.90 Å². The van der Waals surface area contributed by atoms with Crippen molar-refractivity contribution >= 4 is 11.0 Å². The van der Waals surface area contributed by atoms with Crippen molar-refractivity contribution in [3.05, 3.63) is 54.4 Å². The molecule has 154 valence electrons. The van der Waals surface area contributed by atoms with E-state index in [4.69, 9.17) is 19.2 Å². The lowest BCUT2D eigenvalue weighted by Crippen LogP contribution is -2.36. The van der Waals surface area contributed by atoms with Crippen molar-refractivity contribution in [1.29, 1.82) is 0 Å². The molecule has 3 aromatic rings. The van der Waals surface area contributed by atoms with Crippen molar-refractivity contribution in [2.45, 2.75) is 25.9 Å². The molecule has 4 rings (SSSR count). The molecule has 0 saturated carbocycles. The summed E-state index contributed by atoms with van der Waals surface area (Å²) in [6.45, 7) is 6.07. The SMILES string of the molecule is COc1cccc(OCCCCn2c(CN3CCOCC3)nc3ccccc32)c1. The molecule has 0 spiro atoms. The summed E-state index contributed by atoms with van der Waals surface area (Å²) in [6, 6.07) is 16.2. The zero-order valence-electron chi connectivity index (χ0n) is 17.0. The van der Waals surface area contributed by atoms with Gasteiger partial charge in [0.25, 0.3) is 0 Å². The average Bonchev–Trinajstić information content (AvgIpc) is 3.11. The summed E-state index contributed by atoms with van der Waals surface area (Å²) >= 11 is 0. The molecule has 1 aliphatic heterocycles. The highest BCUT2D eigenvalue weighted by Crippen LogP contribution is 2.20. The molecular formula is C23H29N3O3. The number of aryl methyl sites for hydroxylation is 1. The number of ether oxygens (including phenoxy) is 3. The van der Waals surface area contributed by atoms with Crippen LogP contribution in [0.3, 0.4) is 0 Å². The minimum Gasteiger partial charge on any atom is -0.497 e. The van der Waals surface area contributed by atoms with Gasteiger partial charge in [0.15, 0.2) is 0 Å². The standard InChI is InChI=1S/C23H29N3O3/c1-27-19-7-6-8-20(17-19)29-14-5-4-11-26-22-10-3-2-9-21(22)24-23(26)18-25-12-15-28-16-13-25/h2-3,6-10,17H,4-5,11-16,18H2,1H3. The van der Waals surface area contributed by atoms with Crippen LogP contribution in [0, 0.1) is 0 Å². The molecule has 0 unspecified atom stereocenters. The fraction of sp³-hybridized carbons (Fsp3) is 0.435. The largest absolute Gasteiger partial charge is 0.497 e. The molecule has 0 N–H and O–H groups in total. The zero-order chi connectivity index (χ0) is 19.9. The summed E-state index contributed by atoms with van der Waals surface area (Å²) < 4.78 is 19.0. The number of fused-ring (bicyclic) bond motifs is 1. The molecule has 1 fully saturated rings. The van der Waals surface area contributed by atoms with Crippen LogP contribution < -0.4 is 9.47 Å². The maximum atomic E-state index is 5.88. The summed E-state index contributed by atoms with van der Waals surface area (Å²) in [6.07, 6.45) is 2.03. The van der Waals surface area contributed by atoms with Gasteiger partial charge in [0.1, 0.15) is 17.3 Å². The maximum absolute atomic E-state index is 5.88. The third-order valence-corrected chi connectivity index (χ3v) is 5.29. The smallest absolute Gasteiger partial charge is 0.124 e. The molecule has 2 heterocycles. The van der Waals surface area contributed by atoms with E-state index in [1.54, 1.807) is 7.11 Å². The van der Waals surface area contributed by atoms with E-state index in [2.05, 4.69) is 33.7 Å². The lowest BCUT2D eigenvalue weighted by atomic mass is 10.3. The quantitative estimate of drug-likeness (QED) is 0.517. The molecule has 0 amide bonds. The van der Waals surface area contributed by atoms with Gasteiger partial charge in [-0.15, -0.1) is 0 Å². The van der Waals surface area contributed by atoms with Gasteiger partial charge >= 0.3 is 0 Å². The Labute approximate surface area is 172 Å². The number of unbranched alkanes of at least 4 members (excludes halogenated alkanes) is 1. The monoisotopic (exact) mass is 395 g/mol. The van der Waals surface area contributed by atoms with Crippen LogP contribution in [0.1, 0.15) is 18.7 Å². The normalized spacial score (nSPS) is 14.9. The van der Waals surface area contributed by atoms with E-state index in [1.165, 1.54) is 5.52 Å². The predicted octanol–water partition coefficient (Wildman–Crippen LogP) is 3.74. The number of rotatable bonds is 9. The van der Waals surface area contributed by atoms with Crippen molar-refractivity contribution in [1.82, 2.24) is 14.5 Å². The van der Waals surface area contributed by atoms with Crippen LogP contribution in [0.25, 0.3) is 11.0 Å². The number of aromatic nitrogens is 2. The second kappa shape index (κ2) is 9.76. The number of benzene rings is 2. The highest BCUT2D eigenvalue weighted by atomic mass is 16.5. The Balaban J connectivity index is 1.35. The molecule has 1 aromatic heterocycles. The first-order valence-corrected chi connectivity index (χ1v) is 10.3. The number of hydrogen-bond acceptors (Lipinski definition) is 5. The highest BCUT2D eigenvalue weighted by Gasteiger charge is 2.16. The Morgan fingerprint density at radius 3 is 2.69 bits per heavy atom. The average molecular weight is 396 g/mol. The van der Waals surface area contributed by atoms with E-state index in [0.29, 0.717) is 6.61 Å². The van der Waals surface area contributed by atoms with E-state index in [1.807, 2.05) is 24.3 Å². The number of para-hydroxylation sites is 2. The molecule has 0 atom stereocenters. The summed E-state index contributed by atoms with van der Waals surface area (Å²) in [4.78, 5) is 7.33. The Bertz CT molecular complexity index is 919. The van der Waals surface area contributed by atoms with Crippen molar-refractivity contribution in [3.8, 4) is 11.5 Å². The Morgan fingerprint density at radius 1 is 1.00 bits per heavy atom. The number of morpholine rings is 1. The maximum Gasteiger partial charge on any atom is 0.124 e. The lowest BCUT2D eigenvalue weighted by Gasteiger charge is -2.26. The van der Waals surface area contributed by atoms with Crippen molar-refractivity contribution in [2.75, 3.05) is 40.0 Å². The van der Waals surface area contributed by atoms with Crippen molar-refractivity contribution in [2.24, 2.45) is 0 Å². The second-order valence-corrected chi connectivity index (χ2v) is 7.29. The van der Waals surface area contributed by atoms with Crippen LogP contribution >= 0.6 is 0 Å². The van der Waals surface area contributed by atoms with Gasteiger partial charge in [-0.2, -0.15) is 0 Å².